The summed E-state index contributed by atoms with van der Waals surface area (Å²) in [5.41, 5.74) is 3.40. The fraction of sp³-hybridized carbons (Fsp3) is 0.250. The van der Waals surface area contributed by atoms with Crippen LogP contribution in [0.3, 0.4) is 0 Å². The van der Waals surface area contributed by atoms with Crippen molar-refractivity contribution in [2.24, 2.45) is 0 Å². The number of thiazole rings is 1. The topological polar surface area (TPSA) is 46.4 Å². The van der Waals surface area contributed by atoms with E-state index < -0.39 is 0 Å². The third kappa shape index (κ3) is 4.76. The number of benzene rings is 2. The molecule has 0 aliphatic rings. The zero-order valence-corrected chi connectivity index (χ0v) is 17.7. The number of carbonyl (C=O) groups excluding carboxylic acids is 1. The number of hydrogen-bond acceptors (Lipinski definition) is 3. The van der Waals surface area contributed by atoms with Crippen LogP contribution in [-0.2, 0) is 17.6 Å². The molecule has 30 heavy (non-hydrogen) atoms. The van der Waals surface area contributed by atoms with Gasteiger partial charge in [0, 0.05) is 35.3 Å². The van der Waals surface area contributed by atoms with Crippen LogP contribution in [0, 0.1) is 5.82 Å². The van der Waals surface area contributed by atoms with Crippen molar-refractivity contribution in [2.75, 3.05) is 0 Å². The van der Waals surface area contributed by atoms with E-state index in [1.807, 2.05) is 41.1 Å². The van der Waals surface area contributed by atoms with E-state index in [0.29, 0.717) is 24.1 Å². The van der Waals surface area contributed by atoms with Gasteiger partial charge >= 0.3 is 0 Å². The van der Waals surface area contributed by atoms with Gasteiger partial charge in [0.05, 0.1) is 5.69 Å². The lowest BCUT2D eigenvalue weighted by Crippen LogP contribution is -2.33. The van der Waals surface area contributed by atoms with Crippen molar-refractivity contribution in [3.8, 4) is 11.3 Å². The van der Waals surface area contributed by atoms with E-state index in [-0.39, 0.29) is 17.8 Å². The number of nitrogens with zero attached hydrogens (tertiary/aromatic N) is 2. The summed E-state index contributed by atoms with van der Waals surface area (Å²) in [7, 11) is 0. The molecule has 1 N–H and O–H groups in total. The molecule has 0 radical (unpaired) electrons. The number of hydrogen-bond donors (Lipinski definition) is 1. The maximum atomic E-state index is 14.1. The summed E-state index contributed by atoms with van der Waals surface area (Å²) in [5.74, 6) is -0.238. The van der Waals surface area contributed by atoms with Crippen LogP contribution < -0.4 is 5.32 Å². The van der Waals surface area contributed by atoms with Gasteiger partial charge in [-0.25, -0.2) is 9.37 Å². The highest BCUT2D eigenvalue weighted by Crippen LogP contribution is 2.26. The Bertz CT molecular complexity index is 1140. The molecule has 4 nitrogen and oxygen atoms in total. The lowest BCUT2D eigenvalue weighted by atomic mass is 10.1. The van der Waals surface area contributed by atoms with E-state index in [4.69, 9.17) is 0 Å². The van der Waals surface area contributed by atoms with Gasteiger partial charge in [-0.15, -0.1) is 11.3 Å². The number of carbonyl (C=O) groups is 1. The molecule has 0 aliphatic carbocycles. The summed E-state index contributed by atoms with van der Waals surface area (Å²) in [6, 6.07) is 17.1. The first-order chi connectivity index (χ1) is 14.6. The van der Waals surface area contributed by atoms with Gasteiger partial charge in [0.2, 0.25) is 5.91 Å². The molecule has 0 saturated carbocycles. The third-order valence-corrected chi connectivity index (χ3v) is 6.05. The maximum Gasteiger partial charge on any atom is 0.220 e. The fourth-order valence-corrected chi connectivity index (χ4v) is 4.40. The predicted molar refractivity (Wildman–Crippen MR) is 119 cm³/mol. The average molecular weight is 422 g/mol. The smallest absolute Gasteiger partial charge is 0.220 e. The second-order valence-corrected chi connectivity index (χ2v) is 8.31. The van der Waals surface area contributed by atoms with Gasteiger partial charge in [-0.2, -0.15) is 0 Å². The summed E-state index contributed by atoms with van der Waals surface area (Å²) in [4.78, 5) is 17.7. The van der Waals surface area contributed by atoms with Crippen LogP contribution in [0.4, 0.5) is 4.39 Å². The van der Waals surface area contributed by atoms with Crippen molar-refractivity contribution in [3.63, 3.8) is 0 Å². The first-order valence-electron chi connectivity index (χ1n) is 10.1. The zero-order valence-electron chi connectivity index (χ0n) is 16.8. The van der Waals surface area contributed by atoms with Gasteiger partial charge in [-0.1, -0.05) is 42.5 Å². The molecule has 2 aromatic heterocycles. The SMILES string of the molecule is CC(CCc1ccccc1)NC(=O)CCc1csc2nc(-c3ccccc3F)cn12. The molecule has 6 heteroatoms. The minimum atomic E-state index is -0.284. The van der Waals surface area contributed by atoms with E-state index in [9.17, 15) is 9.18 Å². The van der Waals surface area contributed by atoms with Crippen molar-refractivity contribution in [1.82, 2.24) is 14.7 Å². The van der Waals surface area contributed by atoms with Crippen LogP contribution in [-0.4, -0.2) is 21.3 Å². The molecule has 4 rings (SSSR count). The number of amides is 1. The number of aryl methyl sites for hydroxylation is 2. The van der Waals surface area contributed by atoms with Crippen LogP contribution >= 0.6 is 11.3 Å². The second kappa shape index (κ2) is 9.22. The molecule has 0 saturated heterocycles. The van der Waals surface area contributed by atoms with E-state index in [2.05, 4.69) is 22.4 Å². The molecule has 0 spiro atoms. The van der Waals surface area contributed by atoms with Crippen LogP contribution in [0.1, 0.15) is 31.0 Å². The van der Waals surface area contributed by atoms with Gasteiger partial charge < -0.3 is 5.32 Å². The Balaban J connectivity index is 1.33. The highest BCUT2D eigenvalue weighted by molar-refractivity contribution is 7.15. The summed E-state index contributed by atoms with van der Waals surface area (Å²) in [6.07, 6.45) is 4.73. The minimum Gasteiger partial charge on any atom is -0.354 e. The average Bonchev–Trinajstić information content (AvgIpc) is 3.33. The van der Waals surface area contributed by atoms with Crippen LogP contribution in [0.25, 0.3) is 16.2 Å². The summed E-state index contributed by atoms with van der Waals surface area (Å²) in [5, 5.41) is 5.10. The molecule has 1 atom stereocenters. The molecule has 1 unspecified atom stereocenters. The Morgan fingerprint density at radius 3 is 2.70 bits per heavy atom. The highest BCUT2D eigenvalue weighted by Gasteiger charge is 2.14. The lowest BCUT2D eigenvalue weighted by Gasteiger charge is -2.13. The Labute approximate surface area is 179 Å². The third-order valence-electron chi connectivity index (χ3n) is 5.16. The number of aromatic nitrogens is 2. The number of nitrogens with one attached hydrogen (secondary N) is 1. The predicted octanol–water partition coefficient (Wildman–Crippen LogP) is 5.27. The largest absolute Gasteiger partial charge is 0.354 e. The molecule has 154 valence electrons. The van der Waals surface area contributed by atoms with Gasteiger partial charge in [0.1, 0.15) is 5.82 Å². The van der Waals surface area contributed by atoms with Crippen molar-refractivity contribution >= 4 is 22.2 Å². The highest BCUT2D eigenvalue weighted by atomic mass is 32.1. The molecule has 0 bridgehead atoms. The Kier molecular flexibility index (Phi) is 6.23. The number of fused-ring (bicyclic) bond motifs is 1. The lowest BCUT2D eigenvalue weighted by molar-refractivity contribution is -0.121. The van der Waals surface area contributed by atoms with E-state index in [1.165, 1.54) is 23.0 Å². The van der Waals surface area contributed by atoms with Crippen LogP contribution in [0.2, 0.25) is 0 Å². The number of rotatable bonds is 8. The molecular formula is C24H24FN3OS. The summed E-state index contributed by atoms with van der Waals surface area (Å²) < 4.78 is 16.0. The maximum absolute atomic E-state index is 14.1. The molecule has 0 fully saturated rings. The standard InChI is InChI=1S/C24H24FN3OS/c1-17(11-12-18-7-3-2-4-8-18)26-23(29)14-13-19-16-30-24-27-22(15-28(19)24)20-9-5-6-10-21(20)25/h2-10,15-17H,11-14H2,1H3,(H,26,29). The molecule has 2 heterocycles. The van der Waals surface area contributed by atoms with Gasteiger partial charge in [0.15, 0.2) is 4.96 Å². The summed E-state index contributed by atoms with van der Waals surface area (Å²) >= 11 is 1.50. The van der Waals surface area contributed by atoms with Crippen molar-refractivity contribution in [2.45, 2.75) is 38.6 Å². The normalized spacial score (nSPS) is 12.2. The number of halogens is 1. The Morgan fingerprint density at radius 2 is 1.90 bits per heavy atom. The Morgan fingerprint density at radius 1 is 1.13 bits per heavy atom. The zero-order chi connectivity index (χ0) is 20.9. The van der Waals surface area contributed by atoms with Crippen molar-refractivity contribution in [3.05, 3.63) is 83.2 Å². The second-order valence-electron chi connectivity index (χ2n) is 7.48. The van der Waals surface area contributed by atoms with E-state index in [0.717, 1.165) is 23.5 Å². The molecule has 4 aromatic rings. The molecule has 1 amide bonds. The number of imidazole rings is 1. The van der Waals surface area contributed by atoms with E-state index >= 15 is 0 Å². The van der Waals surface area contributed by atoms with Gasteiger partial charge in [-0.05, 0) is 43.9 Å². The minimum absolute atomic E-state index is 0.0457. The van der Waals surface area contributed by atoms with Gasteiger partial charge in [-0.3, -0.25) is 9.20 Å². The van der Waals surface area contributed by atoms with Crippen molar-refractivity contribution < 1.29 is 9.18 Å². The molecule has 0 aliphatic heterocycles. The van der Waals surface area contributed by atoms with Crippen molar-refractivity contribution in [1.29, 1.82) is 0 Å². The van der Waals surface area contributed by atoms with Crippen LogP contribution in [0.5, 0.6) is 0 Å². The van der Waals surface area contributed by atoms with Gasteiger partial charge in [0.25, 0.3) is 0 Å². The monoisotopic (exact) mass is 421 g/mol. The quantitative estimate of drug-likeness (QED) is 0.421. The van der Waals surface area contributed by atoms with E-state index in [1.54, 1.807) is 18.2 Å². The van der Waals surface area contributed by atoms with Crippen LogP contribution in [0.15, 0.2) is 66.2 Å². The Hall–Kier alpha value is -2.99. The first-order valence-corrected chi connectivity index (χ1v) is 11.0. The first kappa shape index (κ1) is 20.3. The summed E-state index contributed by atoms with van der Waals surface area (Å²) in [6.45, 7) is 2.04. The molecular weight excluding hydrogens is 397 g/mol. The fourth-order valence-electron chi connectivity index (χ4n) is 3.50. The molecule has 2 aromatic carbocycles.